The van der Waals surface area contributed by atoms with Crippen molar-refractivity contribution in [2.45, 2.75) is 25.8 Å². The van der Waals surface area contributed by atoms with Gasteiger partial charge in [-0.25, -0.2) is 4.39 Å². The highest BCUT2D eigenvalue weighted by Gasteiger charge is 2.11. The van der Waals surface area contributed by atoms with Gasteiger partial charge in [0.05, 0.1) is 16.1 Å². The molecule has 0 radical (unpaired) electrons. The third-order valence-electron chi connectivity index (χ3n) is 2.28. The topological polar surface area (TPSA) is 52.9 Å². The maximum absolute atomic E-state index is 13.6. The molecule has 0 atom stereocenters. The summed E-state index contributed by atoms with van der Waals surface area (Å²) in [5.41, 5.74) is 0.276. The van der Waals surface area contributed by atoms with Gasteiger partial charge in [-0.15, -0.1) is 0 Å². The molecule has 0 unspecified atom stereocenters. The molecule has 1 aromatic rings. The Bertz CT molecular complexity index is 486. The van der Waals surface area contributed by atoms with Crippen molar-refractivity contribution < 1.29 is 9.18 Å². The fraction of sp³-hybridized carbons (Fsp3) is 0.333. The van der Waals surface area contributed by atoms with E-state index in [1.165, 1.54) is 12.1 Å². The van der Waals surface area contributed by atoms with Crippen molar-refractivity contribution in [1.82, 2.24) is 5.32 Å². The second-order valence-corrected chi connectivity index (χ2v) is 4.41. The first-order valence-electron chi connectivity index (χ1n) is 5.32. The van der Waals surface area contributed by atoms with E-state index in [2.05, 4.69) is 5.32 Å². The molecule has 1 rings (SSSR count). The minimum absolute atomic E-state index is 0.0497. The van der Waals surface area contributed by atoms with Crippen LogP contribution in [-0.2, 0) is 11.3 Å². The highest BCUT2D eigenvalue weighted by Crippen LogP contribution is 2.26. The largest absolute Gasteiger partial charge is 0.352 e. The lowest BCUT2D eigenvalue weighted by Crippen LogP contribution is -2.22. The molecule has 0 aromatic heterocycles. The molecule has 96 valence electrons. The molecule has 3 nitrogen and oxygen atoms in total. The van der Waals surface area contributed by atoms with Gasteiger partial charge in [-0.1, -0.05) is 29.3 Å². The fourth-order valence-electron chi connectivity index (χ4n) is 1.31. The second-order valence-electron chi connectivity index (χ2n) is 3.62. The van der Waals surface area contributed by atoms with E-state index in [9.17, 15) is 9.18 Å². The molecule has 0 heterocycles. The highest BCUT2D eigenvalue weighted by atomic mass is 35.5. The number of unbranched alkanes of at least 4 members (excludes halogenated alkanes) is 1. The van der Waals surface area contributed by atoms with Crippen molar-refractivity contribution in [3.05, 3.63) is 33.6 Å². The van der Waals surface area contributed by atoms with Gasteiger partial charge in [-0.2, -0.15) is 5.26 Å². The van der Waals surface area contributed by atoms with Crippen LogP contribution in [0.15, 0.2) is 12.1 Å². The van der Waals surface area contributed by atoms with Gasteiger partial charge in [-0.3, -0.25) is 4.79 Å². The van der Waals surface area contributed by atoms with Crippen LogP contribution in [-0.4, -0.2) is 5.91 Å². The van der Waals surface area contributed by atoms with Gasteiger partial charge in [0.2, 0.25) is 5.91 Å². The van der Waals surface area contributed by atoms with E-state index in [-0.39, 0.29) is 34.5 Å². The van der Waals surface area contributed by atoms with Crippen LogP contribution in [0.2, 0.25) is 10.0 Å². The predicted molar refractivity (Wildman–Crippen MR) is 67.7 cm³/mol. The molecule has 0 saturated heterocycles. The molecular weight excluding hydrogens is 278 g/mol. The zero-order chi connectivity index (χ0) is 13.5. The van der Waals surface area contributed by atoms with Crippen molar-refractivity contribution in [2.75, 3.05) is 0 Å². The number of nitrogens with one attached hydrogen (secondary N) is 1. The van der Waals surface area contributed by atoms with Gasteiger partial charge in [-0.05, 0) is 12.5 Å². The van der Waals surface area contributed by atoms with E-state index in [0.29, 0.717) is 12.8 Å². The van der Waals surface area contributed by atoms with Crippen LogP contribution >= 0.6 is 23.2 Å². The normalized spacial score (nSPS) is 9.89. The minimum atomic E-state index is -0.624. The number of hydrogen-bond donors (Lipinski definition) is 1. The Kier molecular flexibility index (Phi) is 5.90. The standard InChI is InChI=1S/C12H11Cl2FN2O/c13-9-5-4-8(12(15)11(9)14)7-17-10(18)3-1-2-6-16/h4-5H,1-3,7H2,(H,17,18). The van der Waals surface area contributed by atoms with Crippen molar-refractivity contribution in [2.24, 2.45) is 0 Å². The third-order valence-corrected chi connectivity index (χ3v) is 3.06. The van der Waals surface area contributed by atoms with E-state index >= 15 is 0 Å². The number of benzene rings is 1. The lowest BCUT2D eigenvalue weighted by Gasteiger charge is -2.07. The molecule has 0 fully saturated rings. The summed E-state index contributed by atoms with van der Waals surface area (Å²) in [6.07, 6.45) is 1.07. The fourth-order valence-corrected chi connectivity index (χ4v) is 1.64. The Balaban J connectivity index is 2.52. The van der Waals surface area contributed by atoms with Gasteiger partial charge in [0, 0.05) is 24.9 Å². The summed E-state index contributed by atoms with van der Waals surface area (Å²) in [6.45, 7) is 0.0497. The predicted octanol–water partition coefficient (Wildman–Crippen LogP) is 3.44. The first-order valence-corrected chi connectivity index (χ1v) is 6.08. The first-order chi connectivity index (χ1) is 8.56. The van der Waals surface area contributed by atoms with Crippen LogP contribution in [0.25, 0.3) is 0 Å². The minimum Gasteiger partial charge on any atom is -0.352 e. The molecular formula is C12H11Cl2FN2O. The molecule has 1 N–H and O–H groups in total. The molecule has 18 heavy (non-hydrogen) atoms. The Morgan fingerprint density at radius 1 is 1.44 bits per heavy atom. The smallest absolute Gasteiger partial charge is 0.220 e. The molecule has 0 aliphatic carbocycles. The molecule has 1 aromatic carbocycles. The average Bonchev–Trinajstić information content (AvgIpc) is 2.35. The zero-order valence-electron chi connectivity index (χ0n) is 9.47. The van der Waals surface area contributed by atoms with Crippen LogP contribution in [0, 0.1) is 17.1 Å². The van der Waals surface area contributed by atoms with Gasteiger partial charge in [0.25, 0.3) is 0 Å². The van der Waals surface area contributed by atoms with Gasteiger partial charge in [0.1, 0.15) is 5.82 Å². The third kappa shape index (κ3) is 4.17. The highest BCUT2D eigenvalue weighted by molar-refractivity contribution is 6.42. The number of hydrogen-bond acceptors (Lipinski definition) is 2. The summed E-state index contributed by atoms with van der Waals surface area (Å²) >= 11 is 11.3. The number of nitriles is 1. The van der Waals surface area contributed by atoms with Crippen molar-refractivity contribution in [3.63, 3.8) is 0 Å². The Labute approximate surface area is 114 Å². The molecule has 0 bridgehead atoms. The average molecular weight is 289 g/mol. The second kappa shape index (κ2) is 7.20. The maximum atomic E-state index is 13.6. The maximum Gasteiger partial charge on any atom is 0.220 e. The summed E-state index contributed by atoms with van der Waals surface area (Å²) < 4.78 is 13.6. The van der Waals surface area contributed by atoms with Crippen LogP contribution < -0.4 is 5.32 Å². The Morgan fingerprint density at radius 3 is 2.83 bits per heavy atom. The first kappa shape index (κ1) is 14.7. The molecule has 0 aliphatic rings. The Morgan fingerprint density at radius 2 is 2.17 bits per heavy atom. The van der Waals surface area contributed by atoms with Gasteiger partial charge >= 0.3 is 0 Å². The summed E-state index contributed by atoms with van der Waals surface area (Å²) in [5.74, 6) is -0.850. The number of nitrogens with zero attached hydrogens (tertiary/aromatic N) is 1. The lowest BCUT2D eigenvalue weighted by atomic mass is 10.2. The number of carbonyl (C=O) groups is 1. The number of halogens is 3. The molecule has 0 saturated carbocycles. The molecule has 0 aliphatic heterocycles. The van der Waals surface area contributed by atoms with E-state index < -0.39 is 5.82 Å². The van der Waals surface area contributed by atoms with Crippen LogP contribution in [0.5, 0.6) is 0 Å². The molecule has 0 spiro atoms. The summed E-state index contributed by atoms with van der Waals surface area (Å²) in [6, 6.07) is 4.90. The number of carbonyl (C=O) groups excluding carboxylic acids is 1. The number of rotatable bonds is 5. The zero-order valence-corrected chi connectivity index (χ0v) is 11.0. The van der Waals surface area contributed by atoms with Crippen LogP contribution in [0.1, 0.15) is 24.8 Å². The quantitative estimate of drug-likeness (QED) is 0.666. The van der Waals surface area contributed by atoms with E-state index in [0.717, 1.165) is 0 Å². The molecule has 6 heteroatoms. The summed E-state index contributed by atoms with van der Waals surface area (Å²) in [7, 11) is 0. The summed E-state index contributed by atoms with van der Waals surface area (Å²) in [4.78, 5) is 11.4. The van der Waals surface area contributed by atoms with Crippen molar-refractivity contribution in [3.8, 4) is 6.07 Å². The van der Waals surface area contributed by atoms with E-state index in [1.807, 2.05) is 6.07 Å². The van der Waals surface area contributed by atoms with Gasteiger partial charge in [0.15, 0.2) is 0 Å². The monoisotopic (exact) mass is 288 g/mol. The van der Waals surface area contributed by atoms with Gasteiger partial charge < -0.3 is 5.32 Å². The van der Waals surface area contributed by atoms with E-state index in [4.69, 9.17) is 28.5 Å². The van der Waals surface area contributed by atoms with Crippen molar-refractivity contribution in [1.29, 1.82) is 5.26 Å². The molecule has 1 amide bonds. The lowest BCUT2D eigenvalue weighted by molar-refractivity contribution is -0.121. The van der Waals surface area contributed by atoms with Crippen molar-refractivity contribution >= 4 is 29.1 Å². The van der Waals surface area contributed by atoms with Crippen LogP contribution in [0.4, 0.5) is 4.39 Å². The van der Waals surface area contributed by atoms with E-state index in [1.54, 1.807) is 0 Å². The summed E-state index contributed by atoms with van der Waals surface area (Å²) in [5, 5.41) is 10.9. The Hall–Kier alpha value is -1.31. The van der Waals surface area contributed by atoms with Crippen LogP contribution in [0.3, 0.4) is 0 Å². The number of amides is 1. The SMILES string of the molecule is N#CCCCC(=O)NCc1ccc(Cl)c(Cl)c1F.